The molecular weight excluding hydrogens is 332 g/mol. The molecule has 0 N–H and O–H groups in total. The third kappa shape index (κ3) is 2.54. The standard InChI is InChI=1S/C19H20N4OS/c1-12-9-23(11-19(12,13(2)24)16-5-6-25-10-16)18-15(7-20)8-21-17(22-18)14-3-4-14/h5-6,8,10,12,14H,3-4,9,11H2,1-2H3/t12-,19-/m0/s1. The van der Waals surface area contributed by atoms with Gasteiger partial charge in [0.2, 0.25) is 0 Å². The lowest BCUT2D eigenvalue weighted by Gasteiger charge is -2.29. The van der Waals surface area contributed by atoms with E-state index in [2.05, 4.69) is 28.3 Å². The summed E-state index contributed by atoms with van der Waals surface area (Å²) < 4.78 is 0. The van der Waals surface area contributed by atoms with Gasteiger partial charge < -0.3 is 4.90 Å². The van der Waals surface area contributed by atoms with E-state index in [0.29, 0.717) is 30.4 Å². The molecule has 1 saturated carbocycles. The summed E-state index contributed by atoms with van der Waals surface area (Å²) in [5, 5.41) is 13.6. The Labute approximate surface area is 151 Å². The van der Waals surface area contributed by atoms with Crippen LogP contribution in [-0.4, -0.2) is 28.8 Å². The predicted octanol–water partition coefficient (Wildman–Crippen LogP) is 3.27. The van der Waals surface area contributed by atoms with E-state index in [1.807, 2.05) is 11.4 Å². The number of aromatic nitrogens is 2. The average Bonchev–Trinajstić information content (AvgIpc) is 3.19. The third-order valence-electron chi connectivity index (χ3n) is 5.59. The van der Waals surface area contributed by atoms with Crippen molar-refractivity contribution in [3.8, 4) is 6.07 Å². The number of carbonyl (C=O) groups excluding carboxylic acids is 1. The van der Waals surface area contributed by atoms with Gasteiger partial charge in [0.15, 0.2) is 0 Å². The summed E-state index contributed by atoms with van der Waals surface area (Å²) in [6, 6.07) is 4.26. The second kappa shape index (κ2) is 5.92. The number of ketones is 1. The highest BCUT2D eigenvalue weighted by molar-refractivity contribution is 7.08. The molecule has 0 unspecified atom stereocenters. The molecule has 2 aromatic rings. The van der Waals surface area contributed by atoms with Gasteiger partial charge in [-0.15, -0.1) is 0 Å². The van der Waals surface area contributed by atoms with Crippen molar-refractivity contribution >= 4 is 22.9 Å². The monoisotopic (exact) mass is 352 g/mol. The average molecular weight is 352 g/mol. The van der Waals surface area contributed by atoms with Gasteiger partial charge in [0.1, 0.15) is 29.1 Å². The fraction of sp³-hybridized carbons (Fsp3) is 0.474. The van der Waals surface area contributed by atoms with Crippen LogP contribution >= 0.6 is 11.3 Å². The molecule has 0 aromatic carbocycles. The van der Waals surface area contributed by atoms with Gasteiger partial charge >= 0.3 is 0 Å². The van der Waals surface area contributed by atoms with Crippen LogP contribution in [0.15, 0.2) is 23.0 Å². The minimum atomic E-state index is -0.530. The highest BCUT2D eigenvalue weighted by atomic mass is 32.1. The fourth-order valence-electron chi connectivity index (χ4n) is 3.97. The van der Waals surface area contributed by atoms with E-state index in [0.717, 1.165) is 24.2 Å². The molecule has 0 radical (unpaired) electrons. The lowest BCUT2D eigenvalue weighted by atomic mass is 9.71. The zero-order valence-corrected chi connectivity index (χ0v) is 15.2. The van der Waals surface area contributed by atoms with Crippen LogP contribution in [0, 0.1) is 17.2 Å². The molecule has 2 atom stereocenters. The molecule has 1 aliphatic carbocycles. The van der Waals surface area contributed by atoms with E-state index in [1.165, 1.54) is 0 Å². The van der Waals surface area contributed by atoms with E-state index in [-0.39, 0.29) is 11.7 Å². The zero-order valence-electron chi connectivity index (χ0n) is 14.4. The summed E-state index contributed by atoms with van der Waals surface area (Å²) in [6.45, 7) is 5.08. The lowest BCUT2D eigenvalue weighted by Crippen LogP contribution is -2.41. The Balaban J connectivity index is 1.75. The van der Waals surface area contributed by atoms with Crippen LogP contribution in [0.25, 0.3) is 0 Å². The van der Waals surface area contributed by atoms with E-state index in [4.69, 9.17) is 4.98 Å². The maximum atomic E-state index is 12.7. The molecule has 0 amide bonds. The van der Waals surface area contributed by atoms with E-state index in [1.54, 1.807) is 24.5 Å². The highest BCUT2D eigenvalue weighted by Crippen LogP contribution is 2.44. The fourth-order valence-corrected chi connectivity index (χ4v) is 4.71. The number of rotatable bonds is 4. The number of anilines is 1. The Bertz CT molecular complexity index is 853. The Morgan fingerprint density at radius 2 is 2.28 bits per heavy atom. The summed E-state index contributed by atoms with van der Waals surface area (Å²) in [6.07, 6.45) is 3.88. The summed E-state index contributed by atoms with van der Waals surface area (Å²) in [5.74, 6) is 2.28. The lowest BCUT2D eigenvalue weighted by molar-refractivity contribution is -0.122. The van der Waals surface area contributed by atoms with Crippen LogP contribution in [-0.2, 0) is 10.2 Å². The first kappa shape index (κ1) is 16.2. The van der Waals surface area contributed by atoms with Crippen LogP contribution in [0.1, 0.15) is 49.6 Å². The molecule has 4 rings (SSSR count). The smallest absolute Gasteiger partial charge is 0.150 e. The molecule has 0 spiro atoms. The molecule has 2 aliphatic rings. The van der Waals surface area contributed by atoms with E-state index >= 15 is 0 Å². The van der Waals surface area contributed by atoms with Gasteiger partial charge in [-0.05, 0) is 48.1 Å². The Kier molecular flexibility index (Phi) is 3.84. The Morgan fingerprint density at radius 1 is 1.48 bits per heavy atom. The first-order valence-electron chi connectivity index (χ1n) is 8.62. The van der Waals surface area contributed by atoms with E-state index in [9.17, 15) is 10.1 Å². The van der Waals surface area contributed by atoms with Gasteiger partial charge in [-0.3, -0.25) is 4.79 Å². The molecule has 1 aliphatic heterocycles. The number of hydrogen-bond donors (Lipinski definition) is 0. The van der Waals surface area contributed by atoms with Crippen molar-refractivity contribution in [2.24, 2.45) is 5.92 Å². The summed E-state index contributed by atoms with van der Waals surface area (Å²) in [5.41, 5.74) is 1.04. The minimum absolute atomic E-state index is 0.158. The maximum Gasteiger partial charge on any atom is 0.150 e. The van der Waals surface area contributed by atoms with Crippen LogP contribution < -0.4 is 4.90 Å². The first-order chi connectivity index (χ1) is 12.1. The van der Waals surface area contributed by atoms with Crippen molar-refractivity contribution in [3.63, 3.8) is 0 Å². The van der Waals surface area contributed by atoms with Crippen molar-refractivity contribution in [1.82, 2.24) is 9.97 Å². The predicted molar refractivity (Wildman–Crippen MR) is 96.8 cm³/mol. The Hall–Kier alpha value is -2.26. The second-order valence-corrected chi connectivity index (χ2v) is 7.95. The molecule has 128 valence electrons. The number of thiophene rings is 1. The summed E-state index contributed by atoms with van der Waals surface area (Å²) in [7, 11) is 0. The summed E-state index contributed by atoms with van der Waals surface area (Å²) in [4.78, 5) is 23.9. The zero-order chi connectivity index (χ0) is 17.6. The molecular formula is C19H20N4OS. The normalized spacial score (nSPS) is 25.8. The molecule has 0 bridgehead atoms. The van der Waals surface area contributed by atoms with Crippen molar-refractivity contribution < 1.29 is 4.79 Å². The van der Waals surface area contributed by atoms with Crippen LogP contribution in [0.5, 0.6) is 0 Å². The van der Waals surface area contributed by atoms with Gasteiger partial charge in [-0.25, -0.2) is 9.97 Å². The van der Waals surface area contributed by atoms with Crippen LogP contribution in [0.2, 0.25) is 0 Å². The first-order valence-corrected chi connectivity index (χ1v) is 9.56. The molecule has 6 heteroatoms. The van der Waals surface area contributed by atoms with Gasteiger partial charge in [0.25, 0.3) is 0 Å². The topological polar surface area (TPSA) is 69.9 Å². The van der Waals surface area contributed by atoms with Gasteiger partial charge in [0.05, 0.1) is 11.6 Å². The van der Waals surface area contributed by atoms with Crippen molar-refractivity contribution in [2.75, 3.05) is 18.0 Å². The maximum absolute atomic E-state index is 12.7. The number of Topliss-reactive ketones (excluding diaryl/α,β-unsaturated/α-hetero) is 1. The van der Waals surface area contributed by atoms with Gasteiger partial charge in [-0.2, -0.15) is 16.6 Å². The number of nitriles is 1. The van der Waals surface area contributed by atoms with Crippen molar-refractivity contribution in [2.45, 2.75) is 38.0 Å². The largest absolute Gasteiger partial charge is 0.354 e. The molecule has 1 saturated heterocycles. The number of hydrogen-bond acceptors (Lipinski definition) is 6. The SMILES string of the molecule is CC(=O)[C@]1(c2ccsc2)CN(c2nc(C3CC3)ncc2C#N)C[C@@H]1C. The number of nitrogens with zero attached hydrogens (tertiary/aromatic N) is 4. The van der Waals surface area contributed by atoms with Crippen LogP contribution in [0.4, 0.5) is 5.82 Å². The molecule has 2 aromatic heterocycles. The second-order valence-electron chi connectivity index (χ2n) is 7.17. The molecule has 5 nitrogen and oxygen atoms in total. The van der Waals surface area contributed by atoms with Gasteiger partial charge in [0, 0.05) is 19.0 Å². The molecule has 2 fully saturated rings. The number of carbonyl (C=O) groups is 1. The third-order valence-corrected chi connectivity index (χ3v) is 6.27. The van der Waals surface area contributed by atoms with Gasteiger partial charge in [-0.1, -0.05) is 6.92 Å². The summed E-state index contributed by atoms with van der Waals surface area (Å²) >= 11 is 1.62. The van der Waals surface area contributed by atoms with E-state index < -0.39 is 5.41 Å². The quantitative estimate of drug-likeness (QED) is 0.844. The minimum Gasteiger partial charge on any atom is -0.354 e. The Morgan fingerprint density at radius 3 is 2.88 bits per heavy atom. The highest BCUT2D eigenvalue weighted by Gasteiger charge is 2.50. The molecule has 3 heterocycles. The van der Waals surface area contributed by atoms with Crippen molar-refractivity contribution in [3.05, 3.63) is 40.0 Å². The molecule has 25 heavy (non-hydrogen) atoms. The van der Waals surface area contributed by atoms with Crippen LogP contribution in [0.3, 0.4) is 0 Å². The van der Waals surface area contributed by atoms with Crippen molar-refractivity contribution in [1.29, 1.82) is 5.26 Å².